The summed E-state index contributed by atoms with van der Waals surface area (Å²) < 4.78 is 36.4. The quantitative estimate of drug-likeness (QED) is 0.427. The number of hydrogen-bond donors (Lipinski definition) is 0. The number of amides is 1. The molecule has 1 amide bonds. The molecule has 0 saturated heterocycles. The molecule has 0 N–H and O–H groups in total. The fourth-order valence-electron chi connectivity index (χ4n) is 3.36. The van der Waals surface area contributed by atoms with Gasteiger partial charge in [0.15, 0.2) is 15.0 Å². The van der Waals surface area contributed by atoms with Crippen molar-refractivity contribution in [2.45, 2.75) is 18.2 Å². The van der Waals surface area contributed by atoms with Crippen LogP contribution in [0.1, 0.15) is 23.7 Å². The van der Waals surface area contributed by atoms with E-state index in [0.29, 0.717) is 34.3 Å². The molecule has 3 rings (SSSR count). The fraction of sp³-hybridized carbons (Fsp3) is 0.391. The van der Waals surface area contributed by atoms with Crippen molar-refractivity contribution in [2.75, 3.05) is 52.1 Å². The zero-order valence-electron chi connectivity index (χ0n) is 19.5. The van der Waals surface area contributed by atoms with Gasteiger partial charge in [0.05, 0.1) is 24.9 Å². The van der Waals surface area contributed by atoms with Crippen molar-refractivity contribution in [3.05, 3.63) is 42.0 Å². The molecule has 0 fully saturated rings. The van der Waals surface area contributed by atoms with Crippen molar-refractivity contribution in [1.29, 1.82) is 0 Å². The van der Waals surface area contributed by atoms with E-state index < -0.39 is 9.84 Å². The summed E-state index contributed by atoms with van der Waals surface area (Å²) in [6.45, 7) is 2.79. The van der Waals surface area contributed by atoms with E-state index in [1.807, 2.05) is 19.0 Å². The first kappa shape index (κ1) is 24.9. The number of nitrogens with zero attached hydrogens (tertiary/aromatic N) is 3. The van der Waals surface area contributed by atoms with E-state index in [1.165, 1.54) is 23.5 Å². The van der Waals surface area contributed by atoms with Crippen LogP contribution in [0.25, 0.3) is 10.2 Å². The van der Waals surface area contributed by atoms with Gasteiger partial charge in [0.25, 0.3) is 5.91 Å². The number of fused-ring (bicyclic) bond motifs is 1. The van der Waals surface area contributed by atoms with Crippen LogP contribution in [0.2, 0.25) is 0 Å². The van der Waals surface area contributed by atoms with Gasteiger partial charge in [0.2, 0.25) is 0 Å². The second kappa shape index (κ2) is 10.5. The molecule has 0 saturated carbocycles. The standard InChI is InChI=1S/C23H29N3O5S2/c1-6-33(28,29)17-10-7-9-16(15-17)22(27)26(14-8-13-25(2)3)23-24-20-18(30-4)11-12-19(31-5)21(20)32-23/h7,9-12,15H,6,8,13-14H2,1-5H3. The number of anilines is 1. The molecule has 178 valence electrons. The number of sulfone groups is 1. The highest BCUT2D eigenvalue weighted by molar-refractivity contribution is 7.91. The Labute approximate surface area is 198 Å². The van der Waals surface area contributed by atoms with Crippen molar-refractivity contribution in [2.24, 2.45) is 0 Å². The van der Waals surface area contributed by atoms with Crippen molar-refractivity contribution < 1.29 is 22.7 Å². The lowest BCUT2D eigenvalue weighted by Gasteiger charge is -2.21. The molecular formula is C23H29N3O5S2. The summed E-state index contributed by atoms with van der Waals surface area (Å²) in [5.74, 6) is 0.893. The number of methoxy groups -OCH3 is 2. The molecule has 1 aromatic heterocycles. The smallest absolute Gasteiger partial charge is 0.260 e. The van der Waals surface area contributed by atoms with E-state index >= 15 is 0 Å². The molecule has 8 nitrogen and oxygen atoms in total. The van der Waals surface area contributed by atoms with Crippen LogP contribution in [-0.4, -0.2) is 71.4 Å². The zero-order chi connectivity index (χ0) is 24.2. The minimum atomic E-state index is -3.43. The maximum Gasteiger partial charge on any atom is 0.260 e. The first-order chi connectivity index (χ1) is 15.7. The van der Waals surface area contributed by atoms with Crippen LogP contribution in [0.15, 0.2) is 41.3 Å². The number of carbonyl (C=O) groups is 1. The topological polar surface area (TPSA) is 89.0 Å². The molecule has 10 heteroatoms. The minimum Gasteiger partial charge on any atom is -0.495 e. The first-order valence-electron chi connectivity index (χ1n) is 10.5. The molecule has 0 bridgehead atoms. The average molecular weight is 492 g/mol. The van der Waals surface area contributed by atoms with Crippen LogP contribution in [0.3, 0.4) is 0 Å². The van der Waals surface area contributed by atoms with Gasteiger partial charge >= 0.3 is 0 Å². The zero-order valence-corrected chi connectivity index (χ0v) is 21.1. The molecule has 0 aliphatic rings. The Morgan fingerprint density at radius 1 is 1.06 bits per heavy atom. The van der Waals surface area contributed by atoms with Gasteiger partial charge in [-0.25, -0.2) is 13.4 Å². The van der Waals surface area contributed by atoms with Gasteiger partial charge in [0.1, 0.15) is 21.7 Å². The lowest BCUT2D eigenvalue weighted by Crippen LogP contribution is -2.33. The van der Waals surface area contributed by atoms with Crippen LogP contribution in [0, 0.1) is 0 Å². The predicted octanol–water partition coefficient (Wildman–Crippen LogP) is 3.71. The lowest BCUT2D eigenvalue weighted by atomic mass is 10.2. The molecule has 0 aliphatic carbocycles. The van der Waals surface area contributed by atoms with Crippen LogP contribution < -0.4 is 14.4 Å². The van der Waals surface area contributed by atoms with Gasteiger partial charge in [-0.1, -0.05) is 24.3 Å². The maximum atomic E-state index is 13.6. The summed E-state index contributed by atoms with van der Waals surface area (Å²) in [6, 6.07) is 9.76. The molecule has 33 heavy (non-hydrogen) atoms. The average Bonchev–Trinajstić information content (AvgIpc) is 3.25. The monoisotopic (exact) mass is 491 g/mol. The highest BCUT2D eigenvalue weighted by atomic mass is 32.2. The van der Waals surface area contributed by atoms with Gasteiger partial charge in [0, 0.05) is 12.1 Å². The summed E-state index contributed by atoms with van der Waals surface area (Å²) in [7, 11) is 3.66. The summed E-state index contributed by atoms with van der Waals surface area (Å²) >= 11 is 1.34. The number of carbonyl (C=O) groups excluding carboxylic acids is 1. The third-order valence-corrected chi connectivity index (χ3v) is 8.01. The van der Waals surface area contributed by atoms with Crippen molar-refractivity contribution in [3.63, 3.8) is 0 Å². The van der Waals surface area contributed by atoms with E-state index in [1.54, 1.807) is 50.3 Å². The van der Waals surface area contributed by atoms with Crippen LogP contribution in [-0.2, 0) is 9.84 Å². The van der Waals surface area contributed by atoms with Crippen LogP contribution in [0.5, 0.6) is 11.5 Å². The Balaban J connectivity index is 2.07. The SMILES string of the molecule is CCS(=O)(=O)c1cccc(C(=O)N(CCCN(C)C)c2nc3c(OC)ccc(OC)c3s2)c1. The van der Waals surface area contributed by atoms with Crippen LogP contribution >= 0.6 is 11.3 Å². The Hall–Kier alpha value is -2.69. The van der Waals surface area contributed by atoms with Crippen molar-refractivity contribution in [1.82, 2.24) is 9.88 Å². The van der Waals surface area contributed by atoms with Crippen LogP contribution in [0.4, 0.5) is 5.13 Å². The third kappa shape index (κ3) is 5.45. The predicted molar refractivity (Wildman–Crippen MR) is 132 cm³/mol. The van der Waals surface area contributed by atoms with Gasteiger partial charge in [-0.3, -0.25) is 9.69 Å². The second-order valence-corrected chi connectivity index (χ2v) is 10.9. The van der Waals surface area contributed by atoms with E-state index in [4.69, 9.17) is 14.5 Å². The van der Waals surface area contributed by atoms with Gasteiger partial charge in [-0.15, -0.1) is 0 Å². The fourth-order valence-corrected chi connectivity index (χ4v) is 5.39. The second-order valence-electron chi connectivity index (χ2n) is 7.69. The molecule has 0 atom stereocenters. The highest BCUT2D eigenvalue weighted by Crippen LogP contribution is 2.40. The van der Waals surface area contributed by atoms with Crippen molar-refractivity contribution in [3.8, 4) is 11.5 Å². The molecule has 3 aromatic rings. The van der Waals surface area contributed by atoms with E-state index in [0.717, 1.165) is 17.7 Å². The molecule has 2 aromatic carbocycles. The Morgan fingerprint density at radius 3 is 2.39 bits per heavy atom. The Bertz CT molecular complexity index is 1200. The van der Waals surface area contributed by atoms with Gasteiger partial charge in [-0.05, 0) is 57.4 Å². The first-order valence-corrected chi connectivity index (χ1v) is 13.0. The molecule has 0 unspecified atom stereocenters. The molecule has 0 aliphatic heterocycles. The van der Waals surface area contributed by atoms with Gasteiger partial charge < -0.3 is 14.4 Å². The number of benzene rings is 2. The highest BCUT2D eigenvalue weighted by Gasteiger charge is 2.24. The molecule has 0 spiro atoms. The minimum absolute atomic E-state index is 0.0331. The summed E-state index contributed by atoms with van der Waals surface area (Å²) in [6.07, 6.45) is 0.718. The molecular weight excluding hydrogens is 462 g/mol. The summed E-state index contributed by atoms with van der Waals surface area (Å²) in [5.41, 5.74) is 0.914. The lowest BCUT2D eigenvalue weighted by molar-refractivity contribution is 0.0986. The van der Waals surface area contributed by atoms with E-state index in [-0.39, 0.29) is 16.6 Å². The normalized spacial score (nSPS) is 11.7. The number of aromatic nitrogens is 1. The number of hydrogen-bond acceptors (Lipinski definition) is 8. The summed E-state index contributed by atoms with van der Waals surface area (Å²) in [5, 5.41) is 0.500. The number of rotatable bonds is 10. The third-order valence-electron chi connectivity index (χ3n) is 5.18. The molecule has 1 heterocycles. The Morgan fingerprint density at radius 2 is 1.76 bits per heavy atom. The van der Waals surface area contributed by atoms with Crippen molar-refractivity contribution >= 4 is 42.4 Å². The maximum absolute atomic E-state index is 13.6. The number of ether oxygens (including phenoxy) is 2. The van der Waals surface area contributed by atoms with E-state index in [9.17, 15) is 13.2 Å². The Kier molecular flexibility index (Phi) is 7.93. The summed E-state index contributed by atoms with van der Waals surface area (Å²) in [4.78, 5) is 22.1. The van der Waals surface area contributed by atoms with E-state index in [2.05, 4.69) is 0 Å². The largest absolute Gasteiger partial charge is 0.495 e. The number of thiazole rings is 1. The molecule has 0 radical (unpaired) electrons. The van der Waals surface area contributed by atoms with Gasteiger partial charge in [-0.2, -0.15) is 0 Å².